The van der Waals surface area contributed by atoms with Gasteiger partial charge in [-0.05, 0) is 16.3 Å². The number of hydrogen-bond donors (Lipinski definition) is 2. The average molecular weight is 278 g/mol. The molecule has 21 heavy (non-hydrogen) atoms. The summed E-state index contributed by atoms with van der Waals surface area (Å²) in [5, 5.41) is 22.2. The first kappa shape index (κ1) is 13.3. The molecule has 0 bridgehead atoms. The quantitative estimate of drug-likeness (QED) is 0.773. The van der Waals surface area contributed by atoms with E-state index in [1.54, 1.807) is 42.5 Å². The van der Waals surface area contributed by atoms with Crippen LogP contribution in [-0.4, -0.2) is 16.2 Å². The predicted octanol–water partition coefficient (Wildman–Crippen LogP) is 3.16. The van der Waals surface area contributed by atoms with Crippen LogP contribution in [0.3, 0.4) is 0 Å². The van der Waals surface area contributed by atoms with Crippen molar-refractivity contribution < 1.29 is 15.0 Å². The standard InChI is InChI=1S/C18H14O3/c19-17(20)18(21,14-9-2-1-3-10-14)16-12-6-8-13-7-4-5-11-15(13)16/h1-12,21H,(H,19,20)/t18-/m0/s1. The molecule has 0 unspecified atom stereocenters. The molecule has 0 aromatic heterocycles. The minimum Gasteiger partial charge on any atom is -0.479 e. The van der Waals surface area contributed by atoms with Crippen molar-refractivity contribution in [3.63, 3.8) is 0 Å². The van der Waals surface area contributed by atoms with Gasteiger partial charge in [0.05, 0.1) is 0 Å². The third kappa shape index (κ3) is 2.08. The average Bonchev–Trinajstić information content (AvgIpc) is 2.54. The van der Waals surface area contributed by atoms with Gasteiger partial charge in [0.1, 0.15) is 0 Å². The van der Waals surface area contributed by atoms with Gasteiger partial charge in [0.2, 0.25) is 5.60 Å². The molecule has 3 aromatic carbocycles. The minimum absolute atomic E-state index is 0.342. The number of fused-ring (bicyclic) bond motifs is 1. The Morgan fingerprint density at radius 1 is 0.810 bits per heavy atom. The third-order valence-corrected chi connectivity index (χ3v) is 3.68. The van der Waals surface area contributed by atoms with Crippen molar-refractivity contribution in [2.75, 3.05) is 0 Å². The van der Waals surface area contributed by atoms with Gasteiger partial charge in [-0.3, -0.25) is 0 Å². The summed E-state index contributed by atoms with van der Waals surface area (Å²) in [6.07, 6.45) is 0. The highest BCUT2D eigenvalue weighted by molar-refractivity contribution is 5.94. The van der Waals surface area contributed by atoms with Crippen LogP contribution in [-0.2, 0) is 10.4 Å². The Kier molecular flexibility index (Phi) is 3.20. The topological polar surface area (TPSA) is 57.5 Å². The zero-order chi connectivity index (χ0) is 14.9. The van der Waals surface area contributed by atoms with E-state index in [2.05, 4.69) is 0 Å². The molecule has 3 heteroatoms. The molecule has 0 saturated heterocycles. The Balaban J connectivity index is 2.34. The minimum atomic E-state index is -2.07. The van der Waals surface area contributed by atoms with E-state index in [9.17, 15) is 15.0 Å². The predicted molar refractivity (Wildman–Crippen MR) is 81.0 cm³/mol. The molecular formula is C18H14O3. The fraction of sp³-hybridized carbons (Fsp3) is 0.0556. The summed E-state index contributed by atoms with van der Waals surface area (Å²) in [5.74, 6) is -1.29. The van der Waals surface area contributed by atoms with Gasteiger partial charge in [-0.1, -0.05) is 72.8 Å². The molecule has 2 N–H and O–H groups in total. The molecule has 3 rings (SSSR count). The van der Waals surface area contributed by atoms with Gasteiger partial charge < -0.3 is 10.2 Å². The fourth-order valence-corrected chi connectivity index (χ4v) is 2.61. The summed E-state index contributed by atoms with van der Waals surface area (Å²) >= 11 is 0. The molecule has 3 aromatic rings. The molecule has 0 aliphatic carbocycles. The van der Waals surface area contributed by atoms with E-state index in [0.717, 1.165) is 10.8 Å². The Labute approximate surface area is 122 Å². The van der Waals surface area contributed by atoms with E-state index in [1.165, 1.54) is 0 Å². The lowest BCUT2D eigenvalue weighted by atomic mass is 9.83. The second-order valence-electron chi connectivity index (χ2n) is 4.91. The van der Waals surface area contributed by atoms with Crippen LogP contribution in [0.15, 0.2) is 72.8 Å². The lowest BCUT2D eigenvalue weighted by molar-refractivity contribution is -0.154. The lowest BCUT2D eigenvalue weighted by Gasteiger charge is -2.26. The molecule has 3 nitrogen and oxygen atoms in total. The first-order valence-electron chi connectivity index (χ1n) is 6.63. The molecule has 0 heterocycles. The van der Waals surface area contributed by atoms with E-state index in [0.29, 0.717) is 11.1 Å². The van der Waals surface area contributed by atoms with Crippen molar-refractivity contribution in [2.45, 2.75) is 5.60 Å². The van der Waals surface area contributed by atoms with Crippen molar-refractivity contribution in [3.05, 3.63) is 83.9 Å². The molecule has 0 fully saturated rings. The van der Waals surface area contributed by atoms with Crippen LogP contribution in [0.1, 0.15) is 11.1 Å². The first-order valence-corrected chi connectivity index (χ1v) is 6.63. The van der Waals surface area contributed by atoms with E-state index in [-0.39, 0.29) is 0 Å². The second-order valence-corrected chi connectivity index (χ2v) is 4.91. The lowest BCUT2D eigenvalue weighted by Crippen LogP contribution is -2.37. The molecule has 0 radical (unpaired) electrons. The van der Waals surface area contributed by atoms with E-state index < -0.39 is 11.6 Å². The number of hydrogen-bond acceptors (Lipinski definition) is 2. The Hall–Kier alpha value is -2.65. The first-order chi connectivity index (χ1) is 10.1. The zero-order valence-electron chi connectivity index (χ0n) is 11.2. The van der Waals surface area contributed by atoms with Crippen LogP contribution in [0.4, 0.5) is 0 Å². The van der Waals surface area contributed by atoms with Gasteiger partial charge >= 0.3 is 5.97 Å². The SMILES string of the molecule is O=C(O)[C@](O)(c1ccccc1)c1cccc2ccccc12. The van der Waals surface area contributed by atoms with Crippen molar-refractivity contribution in [1.82, 2.24) is 0 Å². The van der Waals surface area contributed by atoms with E-state index in [4.69, 9.17) is 0 Å². The van der Waals surface area contributed by atoms with Gasteiger partial charge in [0.15, 0.2) is 0 Å². The van der Waals surface area contributed by atoms with Crippen LogP contribution < -0.4 is 0 Å². The summed E-state index contributed by atoms with van der Waals surface area (Å²) in [7, 11) is 0. The zero-order valence-corrected chi connectivity index (χ0v) is 11.2. The molecule has 0 aliphatic rings. The van der Waals surface area contributed by atoms with Crippen LogP contribution >= 0.6 is 0 Å². The molecule has 0 spiro atoms. The van der Waals surface area contributed by atoms with Crippen LogP contribution in [0.2, 0.25) is 0 Å². The molecule has 1 atom stereocenters. The van der Waals surface area contributed by atoms with Gasteiger partial charge in [0.25, 0.3) is 0 Å². The summed E-state index contributed by atoms with van der Waals surface area (Å²) in [6.45, 7) is 0. The Morgan fingerprint density at radius 2 is 1.43 bits per heavy atom. The maximum absolute atomic E-state index is 11.8. The van der Waals surface area contributed by atoms with Crippen LogP contribution in [0.5, 0.6) is 0 Å². The number of carbonyl (C=O) groups is 1. The van der Waals surface area contributed by atoms with Crippen molar-refractivity contribution in [3.8, 4) is 0 Å². The smallest absolute Gasteiger partial charge is 0.345 e. The maximum atomic E-state index is 11.8. The van der Waals surface area contributed by atoms with Gasteiger partial charge in [-0.2, -0.15) is 0 Å². The number of aliphatic hydroxyl groups is 1. The summed E-state index contributed by atoms with van der Waals surface area (Å²) in [6, 6.07) is 21.2. The van der Waals surface area contributed by atoms with Gasteiger partial charge in [0, 0.05) is 5.56 Å². The number of carboxylic acid groups (broad SMARTS) is 1. The summed E-state index contributed by atoms with van der Waals surface area (Å²) in [4.78, 5) is 11.8. The monoisotopic (exact) mass is 278 g/mol. The molecule has 104 valence electrons. The number of carboxylic acids is 1. The third-order valence-electron chi connectivity index (χ3n) is 3.68. The van der Waals surface area contributed by atoms with Gasteiger partial charge in [-0.15, -0.1) is 0 Å². The number of rotatable bonds is 3. The highest BCUT2D eigenvalue weighted by atomic mass is 16.4. The van der Waals surface area contributed by atoms with E-state index in [1.807, 2.05) is 30.3 Å². The number of aliphatic carboxylic acids is 1. The van der Waals surface area contributed by atoms with Gasteiger partial charge in [-0.25, -0.2) is 4.79 Å². The van der Waals surface area contributed by atoms with Crippen molar-refractivity contribution in [2.24, 2.45) is 0 Å². The van der Waals surface area contributed by atoms with Crippen LogP contribution in [0.25, 0.3) is 10.8 Å². The van der Waals surface area contributed by atoms with Crippen molar-refractivity contribution in [1.29, 1.82) is 0 Å². The number of benzene rings is 3. The van der Waals surface area contributed by atoms with Crippen LogP contribution in [0, 0.1) is 0 Å². The second kappa shape index (κ2) is 5.04. The highest BCUT2D eigenvalue weighted by Crippen LogP contribution is 2.34. The fourth-order valence-electron chi connectivity index (χ4n) is 2.61. The summed E-state index contributed by atoms with van der Waals surface area (Å²) < 4.78 is 0. The Bertz CT molecular complexity index is 790. The summed E-state index contributed by atoms with van der Waals surface area (Å²) in [5.41, 5.74) is -1.35. The molecule has 0 saturated carbocycles. The molecular weight excluding hydrogens is 264 g/mol. The maximum Gasteiger partial charge on any atom is 0.345 e. The molecule has 0 aliphatic heterocycles. The Morgan fingerprint density at radius 3 is 2.14 bits per heavy atom. The normalized spacial score (nSPS) is 13.8. The van der Waals surface area contributed by atoms with E-state index >= 15 is 0 Å². The highest BCUT2D eigenvalue weighted by Gasteiger charge is 2.41. The molecule has 0 amide bonds. The van der Waals surface area contributed by atoms with Crippen molar-refractivity contribution >= 4 is 16.7 Å². The largest absolute Gasteiger partial charge is 0.479 e.